The Morgan fingerprint density at radius 2 is 2.18 bits per heavy atom. The zero-order valence-corrected chi connectivity index (χ0v) is 9.71. The van der Waals surface area contributed by atoms with Crippen LogP contribution in [0.3, 0.4) is 0 Å². The van der Waals surface area contributed by atoms with Crippen LogP contribution in [0.5, 0.6) is 0 Å². The van der Waals surface area contributed by atoms with Crippen molar-refractivity contribution in [3.05, 3.63) is 48.3 Å². The summed E-state index contributed by atoms with van der Waals surface area (Å²) in [6, 6.07) is 4.57. The maximum Gasteiger partial charge on any atom is 0.0951 e. The van der Waals surface area contributed by atoms with Gasteiger partial charge in [-0.25, -0.2) is 4.98 Å². The highest BCUT2D eigenvalue weighted by atomic mass is 15.1. The van der Waals surface area contributed by atoms with Gasteiger partial charge in [-0.15, -0.1) is 0 Å². The normalized spacial score (nSPS) is 19.6. The van der Waals surface area contributed by atoms with E-state index in [1.165, 1.54) is 24.1 Å². The summed E-state index contributed by atoms with van der Waals surface area (Å²) in [7, 11) is 0. The van der Waals surface area contributed by atoms with Gasteiger partial charge in [0.05, 0.1) is 12.0 Å². The minimum absolute atomic E-state index is 0.472. The van der Waals surface area contributed by atoms with Gasteiger partial charge in [0.25, 0.3) is 0 Å². The molecule has 3 heterocycles. The van der Waals surface area contributed by atoms with Crippen molar-refractivity contribution in [1.82, 2.24) is 19.9 Å². The number of nitrogens with one attached hydrogen (secondary N) is 1. The summed E-state index contributed by atoms with van der Waals surface area (Å²) in [6.07, 6.45) is 10.0. The number of hydrogen-bond donors (Lipinski definition) is 1. The molecule has 3 rings (SSSR count). The molecule has 4 heteroatoms. The summed E-state index contributed by atoms with van der Waals surface area (Å²) in [4.78, 5) is 8.31. The lowest BCUT2D eigenvalue weighted by atomic mass is 10.1. The predicted octanol–water partition coefficient (Wildman–Crippen LogP) is 1.75. The second-order valence-electron chi connectivity index (χ2n) is 4.45. The molecule has 0 spiro atoms. The van der Waals surface area contributed by atoms with Gasteiger partial charge in [0.15, 0.2) is 0 Å². The summed E-state index contributed by atoms with van der Waals surface area (Å²) in [6.45, 7) is 1.99. The lowest BCUT2D eigenvalue weighted by Crippen LogP contribution is -2.17. The summed E-state index contributed by atoms with van der Waals surface area (Å²) in [5, 5.41) is 3.51. The van der Waals surface area contributed by atoms with Gasteiger partial charge >= 0.3 is 0 Å². The van der Waals surface area contributed by atoms with E-state index in [-0.39, 0.29) is 0 Å². The van der Waals surface area contributed by atoms with E-state index in [1.807, 2.05) is 37.1 Å². The average molecular weight is 228 g/mol. The van der Waals surface area contributed by atoms with E-state index in [9.17, 15) is 0 Å². The number of nitrogens with zero attached hydrogens (tertiary/aromatic N) is 3. The van der Waals surface area contributed by atoms with E-state index in [1.54, 1.807) is 0 Å². The van der Waals surface area contributed by atoms with Crippen LogP contribution in [0.4, 0.5) is 0 Å². The van der Waals surface area contributed by atoms with Gasteiger partial charge in [-0.05, 0) is 37.1 Å². The fraction of sp³-hybridized carbons (Fsp3) is 0.385. The van der Waals surface area contributed by atoms with E-state index in [0.29, 0.717) is 6.04 Å². The summed E-state index contributed by atoms with van der Waals surface area (Å²) in [5.41, 5.74) is 2.55. The van der Waals surface area contributed by atoms with Crippen LogP contribution in [0.1, 0.15) is 30.1 Å². The molecule has 2 aromatic heterocycles. The standard InChI is InChI=1S/C13H16N4/c1-2-12(16-5-1)13-8-15-10-17(13)9-11-3-6-14-7-4-11/h3-4,6-8,10,12,16H,1-2,5,9H2/t12-/m0/s1. The van der Waals surface area contributed by atoms with E-state index in [0.717, 1.165) is 13.1 Å². The van der Waals surface area contributed by atoms with Gasteiger partial charge in [0.2, 0.25) is 0 Å². The van der Waals surface area contributed by atoms with Crippen LogP contribution in [0.2, 0.25) is 0 Å². The monoisotopic (exact) mass is 228 g/mol. The number of aromatic nitrogens is 3. The van der Waals surface area contributed by atoms with Crippen LogP contribution >= 0.6 is 0 Å². The van der Waals surface area contributed by atoms with Crippen molar-refractivity contribution in [3.8, 4) is 0 Å². The van der Waals surface area contributed by atoms with Crippen molar-refractivity contribution >= 4 is 0 Å². The minimum atomic E-state index is 0.472. The van der Waals surface area contributed by atoms with Crippen LogP contribution in [0, 0.1) is 0 Å². The molecule has 0 saturated carbocycles. The van der Waals surface area contributed by atoms with Crippen LogP contribution in [0.25, 0.3) is 0 Å². The smallest absolute Gasteiger partial charge is 0.0951 e. The Kier molecular flexibility index (Phi) is 2.88. The molecular formula is C13H16N4. The molecule has 0 unspecified atom stereocenters. The molecule has 1 fully saturated rings. The third-order valence-electron chi connectivity index (χ3n) is 3.26. The van der Waals surface area contributed by atoms with E-state index >= 15 is 0 Å². The van der Waals surface area contributed by atoms with E-state index in [4.69, 9.17) is 0 Å². The van der Waals surface area contributed by atoms with Gasteiger partial charge in [-0.3, -0.25) is 4.98 Å². The minimum Gasteiger partial charge on any atom is -0.329 e. The summed E-state index contributed by atoms with van der Waals surface area (Å²) < 4.78 is 2.22. The van der Waals surface area contributed by atoms with Crippen molar-refractivity contribution < 1.29 is 0 Å². The van der Waals surface area contributed by atoms with Crippen molar-refractivity contribution in [1.29, 1.82) is 0 Å². The van der Waals surface area contributed by atoms with Gasteiger partial charge < -0.3 is 9.88 Å². The Morgan fingerprint density at radius 1 is 1.29 bits per heavy atom. The molecule has 1 N–H and O–H groups in total. The number of imidazole rings is 1. The number of pyridine rings is 1. The second kappa shape index (κ2) is 4.67. The Balaban J connectivity index is 1.81. The highest BCUT2D eigenvalue weighted by molar-refractivity contribution is 5.14. The first kappa shape index (κ1) is 10.5. The Bertz CT molecular complexity index is 471. The molecule has 0 radical (unpaired) electrons. The van der Waals surface area contributed by atoms with Gasteiger partial charge in [0.1, 0.15) is 0 Å². The fourth-order valence-electron chi connectivity index (χ4n) is 2.38. The molecule has 4 nitrogen and oxygen atoms in total. The second-order valence-corrected chi connectivity index (χ2v) is 4.45. The lowest BCUT2D eigenvalue weighted by molar-refractivity contribution is 0.584. The average Bonchev–Trinajstić information content (AvgIpc) is 3.00. The molecule has 1 saturated heterocycles. The molecule has 0 amide bonds. The SMILES string of the molecule is c1cc(Cn2cncc2[C@@H]2CCCN2)ccn1. The largest absolute Gasteiger partial charge is 0.329 e. The van der Waals surface area contributed by atoms with Crippen LogP contribution in [-0.2, 0) is 6.54 Å². The topological polar surface area (TPSA) is 42.7 Å². The van der Waals surface area contributed by atoms with Crippen molar-refractivity contribution in [2.75, 3.05) is 6.54 Å². The van der Waals surface area contributed by atoms with E-state index < -0.39 is 0 Å². The number of rotatable bonds is 3. The fourth-order valence-corrected chi connectivity index (χ4v) is 2.38. The Labute approximate surface area is 101 Å². The van der Waals surface area contributed by atoms with Crippen LogP contribution in [0.15, 0.2) is 37.1 Å². The molecule has 0 aromatic carbocycles. The summed E-state index contributed by atoms with van der Waals surface area (Å²) in [5.74, 6) is 0. The van der Waals surface area contributed by atoms with Gasteiger partial charge in [-0.1, -0.05) is 0 Å². The van der Waals surface area contributed by atoms with Crippen molar-refractivity contribution in [3.63, 3.8) is 0 Å². The zero-order chi connectivity index (χ0) is 11.5. The third-order valence-corrected chi connectivity index (χ3v) is 3.26. The van der Waals surface area contributed by atoms with E-state index in [2.05, 4.69) is 19.9 Å². The molecule has 1 aliphatic heterocycles. The van der Waals surface area contributed by atoms with Crippen molar-refractivity contribution in [2.24, 2.45) is 0 Å². The number of hydrogen-bond acceptors (Lipinski definition) is 3. The lowest BCUT2D eigenvalue weighted by Gasteiger charge is -2.13. The molecule has 2 aromatic rings. The molecule has 88 valence electrons. The molecular weight excluding hydrogens is 212 g/mol. The molecule has 1 aliphatic rings. The quantitative estimate of drug-likeness (QED) is 0.870. The molecule has 1 atom stereocenters. The molecule has 0 bridgehead atoms. The van der Waals surface area contributed by atoms with Gasteiger partial charge in [0, 0.05) is 31.2 Å². The van der Waals surface area contributed by atoms with Crippen molar-refractivity contribution in [2.45, 2.75) is 25.4 Å². The Morgan fingerprint density at radius 3 is 2.94 bits per heavy atom. The first-order valence-corrected chi connectivity index (χ1v) is 6.06. The summed E-state index contributed by atoms with van der Waals surface area (Å²) >= 11 is 0. The van der Waals surface area contributed by atoms with Gasteiger partial charge in [-0.2, -0.15) is 0 Å². The van der Waals surface area contributed by atoms with Crippen LogP contribution in [-0.4, -0.2) is 21.1 Å². The predicted molar refractivity (Wildman–Crippen MR) is 65.5 cm³/mol. The maximum atomic E-state index is 4.27. The molecule has 0 aliphatic carbocycles. The highest BCUT2D eigenvalue weighted by Crippen LogP contribution is 2.23. The highest BCUT2D eigenvalue weighted by Gasteiger charge is 2.19. The third kappa shape index (κ3) is 2.22. The zero-order valence-electron chi connectivity index (χ0n) is 9.71. The molecule has 17 heavy (non-hydrogen) atoms. The first-order chi connectivity index (χ1) is 8.43. The first-order valence-electron chi connectivity index (χ1n) is 6.06. The van der Waals surface area contributed by atoms with Crippen LogP contribution < -0.4 is 5.32 Å². The Hall–Kier alpha value is -1.68. The maximum absolute atomic E-state index is 4.27.